The standard InChI is InChI=1S/Al.B.O.Zn.3H. The molecule has 0 aliphatic carbocycles. The van der Waals surface area contributed by atoms with Gasteiger partial charge in [-0.15, -0.1) is 0 Å². The van der Waals surface area contributed by atoms with Crippen LogP contribution in [0.2, 0.25) is 0 Å². The summed E-state index contributed by atoms with van der Waals surface area (Å²) in [7, 11) is 0. The fraction of sp³-hybridized carbons (Fsp3) is 0. The van der Waals surface area contributed by atoms with Crippen molar-refractivity contribution in [3.8, 4) is 0 Å². The Morgan fingerprint density at radius 1 is 1.25 bits per heavy atom. The van der Waals surface area contributed by atoms with E-state index in [-0.39, 0.29) is 44.0 Å². The number of hydrogen-bond acceptors (Lipinski definition) is 1. The predicted molar refractivity (Wildman–Crippen MR) is 16.4 cm³/mol. The Balaban J connectivity index is -0.00000000500. The van der Waals surface area contributed by atoms with Gasteiger partial charge in [-0.1, -0.05) is 0 Å². The Morgan fingerprint density at radius 2 is 1.25 bits per heavy atom. The van der Waals surface area contributed by atoms with E-state index in [1.54, 1.807) is 0 Å². The van der Waals surface area contributed by atoms with Gasteiger partial charge in [0.1, 0.15) is 0 Å². The summed E-state index contributed by atoms with van der Waals surface area (Å²) in [5.41, 5.74) is 0. The molecule has 0 heterocycles. The van der Waals surface area contributed by atoms with E-state index in [1.165, 1.54) is 0 Å². The van der Waals surface area contributed by atoms with Crippen LogP contribution in [0.1, 0.15) is 0 Å². The van der Waals surface area contributed by atoms with E-state index >= 15 is 0 Å². The van der Waals surface area contributed by atoms with Gasteiger partial charge < -0.3 is 0 Å². The molecular weight excluding hydrogens is 119 g/mol. The molecule has 0 bridgehead atoms. The molecule has 0 saturated carbocycles. The molecule has 0 aromatic heterocycles. The molecule has 4 heavy (non-hydrogen) atoms. The third-order valence-corrected chi connectivity index (χ3v) is 0. The van der Waals surface area contributed by atoms with E-state index in [2.05, 4.69) is 0 Å². The van der Waals surface area contributed by atoms with Gasteiger partial charge in [-0.3, -0.25) is 0 Å². The van der Waals surface area contributed by atoms with Crippen molar-refractivity contribution in [2.75, 3.05) is 0 Å². The fourth-order valence-electron chi connectivity index (χ4n) is 0. The van der Waals surface area contributed by atoms with Gasteiger partial charge in [0.2, 0.25) is 0 Å². The maximum absolute atomic E-state index is 8.38. The summed E-state index contributed by atoms with van der Waals surface area (Å²) >= 11 is 0.125. The first-order valence-electron chi connectivity index (χ1n) is 0.289. The molecule has 0 unspecified atom stereocenters. The van der Waals surface area contributed by atoms with Crippen molar-refractivity contribution in [2.24, 2.45) is 0 Å². The van der Waals surface area contributed by atoms with E-state index in [9.17, 15) is 0 Å². The van der Waals surface area contributed by atoms with E-state index in [4.69, 9.17) is 3.57 Å². The zero-order valence-electron chi connectivity index (χ0n) is 1.69. The molecule has 0 saturated heterocycles. The second-order valence-electron chi connectivity index (χ2n) is 0. The minimum atomic E-state index is 0. The van der Waals surface area contributed by atoms with Gasteiger partial charge in [0.15, 0.2) is 17.4 Å². The molecule has 0 aliphatic rings. The van der Waals surface area contributed by atoms with Gasteiger partial charge in [-0.2, -0.15) is 0 Å². The van der Waals surface area contributed by atoms with E-state index in [0.717, 1.165) is 0 Å². The molecule has 0 fully saturated rings. The van der Waals surface area contributed by atoms with Crippen LogP contribution in [0.3, 0.4) is 0 Å². The van der Waals surface area contributed by atoms with Gasteiger partial charge in [0.05, 0.1) is 0 Å². The quantitative estimate of drug-likeness (QED) is 0.351. The van der Waals surface area contributed by atoms with Crippen molar-refractivity contribution in [1.29, 1.82) is 0 Å². The summed E-state index contributed by atoms with van der Waals surface area (Å²) in [6.45, 7) is 0. The van der Waals surface area contributed by atoms with Crippen LogP contribution in [0.4, 0.5) is 0 Å². The van der Waals surface area contributed by atoms with Crippen molar-refractivity contribution in [2.45, 2.75) is 0 Å². The monoisotopic (exact) mass is 121 g/mol. The third kappa shape index (κ3) is 11.8. The summed E-state index contributed by atoms with van der Waals surface area (Å²) in [6.07, 6.45) is 0. The van der Waals surface area contributed by atoms with Crippen molar-refractivity contribution in [3.05, 3.63) is 0 Å². The van der Waals surface area contributed by atoms with Gasteiger partial charge in [0, 0.05) is 8.41 Å². The van der Waals surface area contributed by atoms with Crippen molar-refractivity contribution in [1.82, 2.24) is 0 Å². The first-order chi connectivity index (χ1) is 1.00. The Morgan fingerprint density at radius 3 is 1.25 bits per heavy atom. The van der Waals surface area contributed by atoms with E-state index in [1.807, 2.05) is 0 Å². The van der Waals surface area contributed by atoms with Crippen LogP contribution in [0, 0.1) is 0 Å². The zero-order valence-corrected chi connectivity index (χ0v) is 4.66. The molecule has 0 N–H and O–H groups in total. The first-order valence-corrected chi connectivity index (χ1v) is 1.50. The van der Waals surface area contributed by atoms with Crippen LogP contribution < -0.4 is 0 Å². The summed E-state index contributed by atoms with van der Waals surface area (Å²) < 4.78 is 8.38. The minimum absolute atomic E-state index is 0. The van der Waals surface area contributed by atoms with Crippen molar-refractivity contribution >= 4 is 25.8 Å². The molecule has 4 heteroatoms. The number of rotatable bonds is 0. The average Bonchev–Trinajstić information content (AvgIpc) is 1.00. The average molecular weight is 122 g/mol. The summed E-state index contributed by atoms with van der Waals surface area (Å²) in [6, 6.07) is 0. The molecule has 17 valence electrons. The Bertz CT molecular complexity index is 8.00. The Labute approximate surface area is 47.8 Å². The molecule has 0 aliphatic heterocycles. The molecule has 0 aromatic rings. The second kappa shape index (κ2) is 35.2. The second-order valence-corrected chi connectivity index (χ2v) is 0. The first kappa shape index (κ1) is 19.9. The number of hydrogen-bond donors (Lipinski definition) is 0. The van der Waals surface area contributed by atoms with Crippen LogP contribution in [0.5, 0.6) is 0 Å². The fourth-order valence-corrected chi connectivity index (χ4v) is 0. The summed E-state index contributed by atoms with van der Waals surface area (Å²) in [5, 5.41) is 0. The zero-order chi connectivity index (χ0) is 2.00. The molecule has 1 nitrogen and oxygen atoms in total. The van der Waals surface area contributed by atoms with E-state index < -0.39 is 0 Å². The van der Waals surface area contributed by atoms with Crippen LogP contribution in [-0.2, 0) is 21.8 Å². The molecule has 0 rings (SSSR count). The van der Waals surface area contributed by atoms with Crippen LogP contribution in [0.25, 0.3) is 0 Å². The Kier molecular flexibility index (Phi) is 175. The predicted octanol–water partition coefficient (Wildman–Crippen LogP) is -1.69. The van der Waals surface area contributed by atoms with Crippen LogP contribution in [-0.4, -0.2) is 25.8 Å². The third-order valence-electron chi connectivity index (χ3n) is 0. The molecule has 0 spiro atoms. The molecule has 0 amide bonds. The van der Waals surface area contributed by atoms with E-state index in [0.29, 0.717) is 0 Å². The van der Waals surface area contributed by atoms with Crippen molar-refractivity contribution < 1.29 is 21.8 Å². The summed E-state index contributed by atoms with van der Waals surface area (Å²) in [5.74, 6) is 0. The van der Waals surface area contributed by atoms with Crippen LogP contribution >= 0.6 is 0 Å². The van der Waals surface area contributed by atoms with Gasteiger partial charge in [-0.25, -0.2) is 0 Å². The van der Waals surface area contributed by atoms with Gasteiger partial charge in [0.25, 0.3) is 0 Å². The van der Waals surface area contributed by atoms with Gasteiger partial charge in [-0.05, 0) is 0 Å². The SMILES string of the molecule is [AlH3].[B].[O]=[Zn]. The topological polar surface area (TPSA) is 17.1 Å². The Hall–Kier alpha value is 1.02. The molecule has 0 atom stereocenters. The van der Waals surface area contributed by atoms with Crippen LogP contribution in [0.15, 0.2) is 0 Å². The normalized spacial score (nSPS) is 1.50. The molecule has 3 radical (unpaired) electrons. The maximum atomic E-state index is 8.38. The molecular formula is H3AlBOZn. The molecule has 0 aromatic carbocycles. The van der Waals surface area contributed by atoms with Crippen molar-refractivity contribution in [3.63, 3.8) is 0 Å². The van der Waals surface area contributed by atoms with Gasteiger partial charge >= 0.3 is 21.8 Å². The summed E-state index contributed by atoms with van der Waals surface area (Å²) in [4.78, 5) is 0.